The number of hydrogen-bond donors (Lipinski definition) is 1. The van der Waals surface area contributed by atoms with Gasteiger partial charge < -0.3 is 0 Å². The Labute approximate surface area is 167 Å². The van der Waals surface area contributed by atoms with Crippen LogP contribution in [0.5, 0.6) is 0 Å². The van der Waals surface area contributed by atoms with Gasteiger partial charge >= 0.3 is 0 Å². The molecular weight excluding hydrogens is 387 g/mol. The number of halogens is 2. The standard InChI is InChI=1S/C20H18Cl2N2OS/c1-3-4-17-18(14-9-10-15(21)16(22)11-14)23-20(26-17)24-19(25)13-7-5-12(2)6-8-13/h5-11H,3-4H2,1-2H3,(H,23,24,25). The maximum atomic E-state index is 12.5. The van der Waals surface area contributed by atoms with E-state index < -0.39 is 0 Å². The summed E-state index contributed by atoms with van der Waals surface area (Å²) in [7, 11) is 0. The highest BCUT2D eigenvalue weighted by Crippen LogP contribution is 2.35. The molecule has 0 radical (unpaired) electrons. The quantitative estimate of drug-likeness (QED) is 0.518. The Kier molecular flexibility index (Phi) is 5.97. The second-order valence-electron chi connectivity index (χ2n) is 5.99. The minimum absolute atomic E-state index is 0.164. The Morgan fingerprint density at radius 1 is 1.12 bits per heavy atom. The average molecular weight is 405 g/mol. The first kappa shape index (κ1) is 18.9. The summed E-state index contributed by atoms with van der Waals surface area (Å²) >= 11 is 13.7. The van der Waals surface area contributed by atoms with Crippen LogP contribution in [0.15, 0.2) is 42.5 Å². The van der Waals surface area contributed by atoms with Crippen LogP contribution in [0.4, 0.5) is 5.13 Å². The van der Waals surface area contributed by atoms with Crippen molar-refractivity contribution in [2.75, 3.05) is 5.32 Å². The minimum atomic E-state index is -0.164. The Hall–Kier alpha value is -1.88. The summed E-state index contributed by atoms with van der Waals surface area (Å²) in [5.74, 6) is -0.164. The van der Waals surface area contributed by atoms with E-state index >= 15 is 0 Å². The van der Waals surface area contributed by atoms with Gasteiger partial charge in [-0.2, -0.15) is 0 Å². The number of hydrogen-bond acceptors (Lipinski definition) is 3. The maximum absolute atomic E-state index is 12.5. The van der Waals surface area contributed by atoms with Crippen molar-refractivity contribution in [3.63, 3.8) is 0 Å². The molecule has 0 atom stereocenters. The maximum Gasteiger partial charge on any atom is 0.257 e. The molecule has 0 saturated carbocycles. The number of carbonyl (C=O) groups is 1. The first-order valence-electron chi connectivity index (χ1n) is 8.31. The number of benzene rings is 2. The third kappa shape index (κ3) is 4.26. The second-order valence-corrected chi connectivity index (χ2v) is 7.89. The molecule has 1 aromatic heterocycles. The molecule has 1 N–H and O–H groups in total. The smallest absolute Gasteiger partial charge is 0.257 e. The van der Waals surface area contributed by atoms with E-state index in [0.29, 0.717) is 20.7 Å². The molecule has 3 nitrogen and oxygen atoms in total. The van der Waals surface area contributed by atoms with Gasteiger partial charge in [0, 0.05) is 16.0 Å². The molecule has 0 aliphatic rings. The van der Waals surface area contributed by atoms with Gasteiger partial charge in [-0.1, -0.05) is 60.3 Å². The lowest BCUT2D eigenvalue weighted by Gasteiger charge is -2.03. The van der Waals surface area contributed by atoms with E-state index in [-0.39, 0.29) is 5.91 Å². The fourth-order valence-corrected chi connectivity index (χ4v) is 3.92. The van der Waals surface area contributed by atoms with E-state index in [1.165, 1.54) is 11.3 Å². The molecule has 0 unspecified atom stereocenters. The van der Waals surface area contributed by atoms with Crippen molar-refractivity contribution in [1.29, 1.82) is 0 Å². The third-order valence-corrected chi connectivity index (χ3v) is 5.67. The van der Waals surface area contributed by atoms with Gasteiger partial charge in [0.2, 0.25) is 0 Å². The molecule has 3 rings (SSSR count). The van der Waals surface area contributed by atoms with Gasteiger partial charge in [-0.25, -0.2) is 4.98 Å². The number of nitrogens with one attached hydrogen (secondary N) is 1. The monoisotopic (exact) mass is 404 g/mol. The number of anilines is 1. The predicted molar refractivity (Wildman–Crippen MR) is 111 cm³/mol. The van der Waals surface area contributed by atoms with Gasteiger partial charge in [-0.05, 0) is 37.6 Å². The highest BCUT2D eigenvalue weighted by molar-refractivity contribution is 7.16. The van der Waals surface area contributed by atoms with Crippen LogP contribution >= 0.6 is 34.5 Å². The summed E-state index contributed by atoms with van der Waals surface area (Å²) < 4.78 is 0. The number of rotatable bonds is 5. The van der Waals surface area contributed by atoms with Gasteiger partial charge in [0.15, 0.2) is 5.13 Å². The van der Waals surface area contributed by atoms with E-state index in [2.05, 4.69) is 17.2 Å². The van der Waals surface area contributed by atoms with E-state index in [4.69, 9.17) is 23.2 Å². The molecular formula is C20H18Cl2N2OS. The van der Waals surface area contributed by atoms with Crippen molar-refractivity contribution in [2.45, 2.75) is 26.7 Å². The molecule has 0 fully saturated rings. The van der Waals surface area contributed by atoms with E-state index in [1.807, 2.05) is 43.3 Å². The van der Waals surface area contributed by atoms with E-state index in [9.17, 15) is 4.79 Å². The summed E-state index contributed by atoms with van der Waals surface area (Å²) in [6, 6.07) is 12.9. The molecule has 26 heavy (non-hydrogen) atoms. The first-order chi connectivity index (χ1) is 12.5. The molecule has 3 aromatic rings. The molecule has 0 spiro atoms. The van der Waals surface area contributed by atoms with Crippen LogP contribution in [0.25, 0.3) is 11.3 Å². The topological polar surface area (TPSA) is 42.0 Å². The van der Waals surface area contributed by atoms with Crippen LogP contribution in [-0.2, 0) is 6.42 Å². The van der Waals surface area contributed by atoms with Crippen molar-refractivity contribution >= 4 is 45.6 Å². The Bertz CT molecular complexity index is 935. The summed E-state index contributed by atoms with van der Waals surface area (Å²) in [6.07, 6.45) is 1.87. The first-order valence-corrected chi connectivity index (χ1v) is 9.88. The molecule has 2 aromatic carbocycles. The van der Waals surface area contributed by atoms with Crippen molar-refractivity contribution in [3.05, 3.63) is 68.5 Å². The molecule has 0 aliphatic carbocycles. The Balaban J connectivity index is 1.90. The van der Waals surface area contributed by atoms with E-state index in [0.717, 1.165) is 34.5 Å². The van der Waals surface area contributed by atoms with Gasteiger partial charge in [-0.3, -0.25) is 10.1 Å². The summed E-state index contributed by atoms with van der Waals surface area (Å²) in [5, 5.41) is 4.49. The van der Waals surface area contributed by atoms with Crippen molar-refractivity contribution in [2.24, 2.45) is 0 Å². The lowest BCUT2D eigenvalue weighted by Crippen LogP contribution is -2.11. The number of thiazole rings is 1. The van der Waals surface area contributed by atoms with Gasteiger partial charge in [0.25, 0.3) is 5.91 Å². The number of aromatic nitrogens is 1. The molecule has 0 saturated heterocycles. The van der Waals surface area contributed by atoms with Crippen molar-refractivity contribution < 1.29 is 4.79 Å². The zero-order valence-electron chi connectivity index (χ0n) is 14.5. The number of aryl methyl sites for hydroxylation is 2. The van der Waals surface area contributed by atoms with Crippen LogP contribution in [0.3, 0.4) is 0 Å². The zero-order chi connectivity index (χ0) is 18.7. The zero-order valence-corrected chi connectivity index (χ0v) is 16.8. The molecule has 0 aliphatic heterocycles. The molecule has 6 heteroatoms. The largest absolute Gasteiger partial charge is 0.298 e. The molecule has 1 amide bonds. The second kappa shape index (κ2) is 8.21. The lowest BCUT2D eigenvalue weighted by molar-refractivity contribution is 0.102. The summed E-state index contributed by atoms with van der Waals surface area (Å²) in [4.78, 5) is 18.2. The molecule has 1 heterocycles. The van der Waals surface area contributed by atoms with Gasteiger partial charge in [-0.15, -0.1) is 11.3 Å². The Morgan fingerprint density at radius 3 is 2.50 bits per heavy atom. The SMILES string of the molecule is CCCc1sc(NC(=O)c2ccc(C)cc2)nc1-c1ccc(Cl)c(Cl)c1. The molecule has 134 valence electrons. The normalized spacial score (nSPS) is 10.8. The fraction of sp³-hybridized carbons (Fsp3) is 0.200. The number of nitrogens with zero attached hydrogens (tertiary/aromatic N) is 1. The molecule has 0 bridgehead atoms. The van der Waals surface area contributed by atoms with Gasteiger partial charge in [0.05, 0.1) is 15.7 Å². The fourth-order valence-electron chi connectivity index (χ4n) is 2.54. The van der Waals surface area contributed by atoms with Crippen LogP contribution in [0, 0.1) is 6.92 Å². The lowest BCUT2D eigenvalue weighted by atomic mass is 10.1. The van der Waals surface area contributed by atoms with Crippen LogP contribution < -0.4 is 5.32 Å². The number of carbonyl (C=O) groups excluding carboxylic acids is 1. The van der Waals surface area contributed by atoms with Crippen LogP contribution in [0.1, 0.15) is 34.1 Å². The summed E-state index contributed by atoms with van der Waals surface area (Å²) in [5.41, 5.74) is 3.46. The predicted octanol–water partition coefficient (Wildman–Crippen LogP) is 6.63. The highest BCUT2D eigenvalue weighted by atomic mass is 35.5. The summed E-state index contributed by atoms with van der Waals surface area (Å²) in [6.45, 7) is 4.10. The third-order valence-electron chi connectivity index (χ3n) is 3.90. The van der Waals surface area contributed by atoms with Crippen molar-refractivity contribution in [1.82, 2.24) is 4.98 Å². The minimum Gasteiger partial charge on any atom is -0.298 e. The average Bonchev–Trinajstić information content (AvgIpc) is 3.00. The van der Waals surface area contributed by atoms with Gasteiger partial charge in [0.1, 0.15) is 0 Å². The highest BCUT2D eigenvalue weighted by Gasteiger charge is 2.16. The van der Waals surface area contributed by atoms with Crippen LogP contribution in [-0.4, -0.2) is 10.9 Å². The van der Waals surface area contributed by atoms with Crippen molar-refractivity contribution in [3.8, 4) is 11.3 Å². The van der Waals surface area contributed by atoms with E-state index in [1.54, 1.807) is 6.07 Å². The number of amides is 1. The Morgan fingerprint density at radius 2 is 1.85 bits per heavy atom. The van der Waals surface area contributed by atoms with Crippen LogP contribution in [0.2, 0.25) is 10.0 Å².